The Kier molecular flexibility index (Phi) is 6.67. The summed E-state index contributed by atoms with van der Waals surface area (Å²) in [5.41, 5.74) is 2.49. The van der Waals surface area contributed by atoms with Crippen LogP contribution in [0.15, 0.2) is 35.8 Å². The third kappa shape index (κ3) is 4.83. The number of ether oxygens (including phenoxy) is 1. The van der Waals surface area contributed by atoms with E-state index in [1.54, 1.807) is 5.51 Å². The van der Waals surface area contributed by atoms with E-state index in [4.69, 9.17) is 4.74 Å². The molecule has 0 unspecified atom stereocenters. The van der Waals surface area contributed by atoms with Gasteiger partial charge in [0.2, 0.25) is 5.91 Å². The standard InChI is InChI=1S/C23H29N3O3S/c1-17-22(30-16-24-17)23(28)26-13-10-20(29-19-8-4-2-5-9-19)18(15-26)14-21(27)25-11-6-3-7-12-25/h2,4-5,8-9,16,18,20H,3,6-7,10-15H2,1H3/t18-,20-/m0/s1. The summed E-state index contributed by atoms with van der Waals surface area (Å²) in [5.74, 6) is 0.995. The molecule has 6 nitrogen and oxygen atoms in total. The van der Waals surface area contributed by atoms with Crippen molar-refractivity contribution >= 4 is 23.2 Å². The highest BCUT2D eigenvalue weighted by molar-refractivity contribution is 7.11. The lowest BCUT2D eigenvalue weighted by molar-refractivity contribution is -0.134. The van der Waals surface area contributed by atoms with E-state index in [0.29, 0.717) is 24.4 Å². The van der Waals surface area contributed by atoms with Gasteiger partial charge in [0.15, 0.2) is 0 Å². The van der Waals surface area contributed by atoms with Gasteiger partial charge in [-0.05, 0) is 38.3 Å². The Morgan fingerprint density at radius 1 is 1.10 bits per heavy atom. The van der Waals surface area contributed by atoms with Crippen LogP contribution in [0.1, 0.15) is 47.5 Å². The molecular weight excluding hydrogens is 398 g/mol. The summed E-state index contributed by atoms with van der Waals surface area (Å²) in [6, 6.07) is 9.76. The molecule has 2 aliphatic heterocycles. The number of likely N-dealkylation sites (tertiary alicyclic amines) is 2. The van der Waals surface area contributed by atoms with Crippen molar-refractivity contribution in [2.75, 3.05) is 26.2 Å². The minimum atomic E-state index is -0.0762. The lowest BCUT2D eigenvalue weighted by Gasteiger charge is -2.39. The van der Waals surface area contributed by atoms with Gasteiger partial charge in [-0.15, -0.1) is 11.3 Å². The smallest absolute Gasteiger partial charge is 0.265 e. The van der Waals surface area contributed by atoms with Crippen molar-refractivity contribution in [3.05, 3.63) is 46.4 Å². The van der Waals surface area contributed by atoms with E-state index in [1.807, 2.05) is 47.1 Å². The topological polar surface area (TPSA) is 62.7 Å². The quantitative estimate of drug-likeness (QED) is 0.729. The van der Waals surface area contributed by atoms with Crippen LogP contribution in [-0.2, 0) is 4.79 Å². The summed E-state index contributed by atoms with van der Waals surface area (Å²) in [6.07, 6.45) is 4.42. The molecule has 2 aliphatic rings. The fraction of sp³-hybridized carbons (Fsp3) is 0.522. The summed E-state index contributed by atoms with van der Waals surface area (Å²) in [4.78, 5) is 34.8. The predicted octanol–water partition coefficient (Wildman–Crippen LogP) is 3.76. The maximum atomic E-state index is 13.0. The number of hydrogen-bond acceptors (Lipinski definition) is 5. The van der Waals surface area contributed by atoms with Gasteiger partial charge in [-0.2, -0.15) is 0 Å². The largest absolute Gasteiger partial charge is 0.490 e. The second-order valence-corrected chi connectivity index (χ2v) is 9.04. The molecule has 30 heavy (non-hydrogen) atoms. The Morgan fingerprint density at radius 2 is 1.87 bits per heavy atom. The third-order valence-corrected chi connectivity index (χ3v) is 6.98. The highest BCUT2D eigenvalue weighted by Crippen LogP contribution is 2.28. The van der Waals surface area contributed by atoms with E-state index in [0.717, 1.165) is 43.8 Å². The Hall–Kier alpha value is -2.41. The van der Waals surface area contributed by atoms with E-state index in [-0.39, 0.29) is 23.8 Å². The van der Waals surface area contributed by atoms with Crippen LogP contribution in [0.5, 0.6) is 5.75 Å². The van der Waals surface area contributed by atoms with Crippen LogP contribution in [-0.4, -0.2) is 58.9 Å². The first kappa shape index (κ1) is 20.8. The zero-order valence-corrected chi connectivity index (χ0v) is 18.3. The molecular formula is C23H29N3O3S. The molecule has 2 amide bonds. The summed E-state index contributed by atoms with van der Waals surface area (Å²) < 4.78 is 6.28. The van der Waals surface area contributed by atoms with Crippen LogP contribution >= 0.6 is 11.3 Å². The number of amides is 2. The number of para-hydroxylation sites is 1. The van der Waals surface area contributed by atoms with Crippen molar-refractivity contribution < 1.29 is 14.3 Å². The molecule has 2 atom stereocenters. The third-order valence-electron chi connectivity index (χ3n) is 6.07. The minimum Gasteiger partial charge on any atom is -0.490 e. The van der Waals surface area contributed by atoms with Crippen LogP contribution in [0.3, 0.4) is 0 Å². The molecule has 0 spiro atoms. The summed E-state index contributed by atoms with van der Waals surface area (Å²) in [6.45, 7) is 4.72. The highest BCUT2D eigenvalue weighted by atomic mass is 32.1. The molecule has 160 valence electrons. The zero-order valence-electron chi connectivity index (χ0n) is 17.5. The van der Waals surface area contributed by atoms with E-state index >= 15 is 0 Å². The SMILES string of the molecule is Cc1ncsc1C(=O)N1CC[C@H](Oc2ccccc2)[C@@H](CC(=O)N2CCCCC2)C1. The normalized spacial score (nSPS) is 22.0. The number of nitrogens with zero attached hydrogens (tertiary/aromatic N) is 3. The molecule has 1 aromatic heterocycles. The maximum Gasteiger partial charge on any atom is 0.265 e. The molecule has 0 saturated carbocycles. The van der Waals surface area contributed by atoms with Gasteiger partial charge in [0.1, 0.15) is 16.7 Å². The van der Waals surface area contributed by atoms with Gasteiger partial charge in [-0.1, -0.05) is 18.2 Å². The van der Waals surface area contributed by atoms with Gasteiger partial charge in [-0.25, -0.2) is 4.98 Å². The number of aryl methyl sites for hydroxylation is 1. The van der Waals surface area contributed by atoms with Crippen LogP contribution in [0.4, 0.5) is 0 Å². The van der Waals surface area contributed by atoms with Gasteiger partial charge < -0.3 is 14.5 Å². The van der Waals surface area contributed by atoms with Gasteiger partial charge in [0, 0.05) is 44.9 Å². The average molecular weight is 428 g/mol. The van der Waals surface area contributed by atoms with Crippen molar-refractivity contribution in [1.29, 1.82) is 0 Å². The number of carbonyl (C=O) groups is 2. The van der Waals surface area contributed by atoms with Crippen molar-refractivity contribution in [1.82, 2.24) is 14.8 Å². The number of hydrogen-bond donors (Lipinski definition) is 0. The average Bonchev–Trinajstić information content (AvgIpc) is 3.21. The number of rotatable bonds is 5. The van der Waals surface area contributed by atoms with Crippen LogP contribution in [0, 0.1) is 12.8 Å². The fourth-order valence-corrected chi connectivity index (χ4v) is 5.14. The molecule has 2 fully saturated rings. The Balaban J connectivity index is 1.48. The second kappa shape index (κ2) is 9.60. The molecule has 7 heteroatoms. The molecule has 0 aliphatic carbocycles. The van der Waals surface area contributed by atoms with Gasteiger partial charge >= 0.3 is 0 Å². The molecule has 0 N–H and O–H groups in total. The monoisotopic (exact) mass is 427 g/mol. The predicted molar refractivity (Wildman–Crippen MR) is 117 cm³/mol. The summed E-state index contributed by atoms with van der Waals surface area (Å²) in [7, 11) is 0. The molecule has 2 aromatic rings. The van der Waals surface area contributed by atoms with Gasteiger partial charge in [-0.3, -0.25) is 9.59 Å². The molecule has 3 heterocycles. The van der Waals surface area contributed by atoms with E-state index in [1.165, 1.54) is 17.8 Å². The van der Waals surface area contributed by atoms with Crippen LogP contribution in [0.25, 0.3) is 0 Å². The molecule has 4 rings (SSSR count). The zero-order chi connectivity index (χ0) is 20.9. The Labute approximate surface area is 181 Å². The first-order valence-corrected chi connectivity index (χ1v) is 11.7. The number of aromatic nitrogens is 1. The van der Waals surface area contributed by atoms with Crippen LogP contribution in [0.2, 0.25) is 0 Å². The Bertz CT molecular complexity index is 864. The van der Waals surface area contributed by atoms with Crippen LogP contribution < -0.4 is 4.74 Å². The number of carbonyl (C=O) groups excluding carboxylic acids is 2. The van der Waals surface area contributed by atoms with Gasteiger partial charge in [0.05, 0.1) is 11.2 Å². The maximum absolute atomic E-state index is 13.0. The molecule has 1 aromatic carbocycles. The molecule has 0 radical (unpaired) electrons. The summed E-state index contributed by atoms with van der Waals surface area (Å²) in [5, 5.41) is 0. The van der Waals surface area contributed by atoms with Crippen molar-refractivity contribution in [2.45, 2.75) is 45.1 Å². The first-order chi connectivity index (χ1) is 14.6. The van der Waals surface area contributed by atoms with E-state index in [2.05, 4.69) is 4.98 Å². The Morgan fingerprint density at radius 3 is 2.57 bits per heavy atom. The fourth-order valence-electron chi connectivity index (χ4n) is 4.37. The van der Waals surface area contributed by atoms with Gasteiger partial charge in [0.25, 0.3) is 5.91 Å². The van der Waals surface area contributed by atoms with E-state index < -0.39 is 0 Å². The molecule has 2 saturated heterocycles. The molecule has 0 bridgehead atoms. The number of thiazole rings is 1. The second-order valence-electron chi connectivity index (χ2n) is 8.18. The van der Waals surface area contributed by atoms with Crippen molar-refractivity contribution in [3.63, 3.8) is 0 Å². The number of benzene rings is 1. The highest BCUT2D eigenvalue weighted by Gasteiger charge is 2.36. The lowest BCUT2D eigenvalue weighted by atomic mass is 9.90. The van der Waals surface area contributed by atoms with Crippen molar-refractivity contribution in [2.24, 2.45) is 5.92 Å². The lowest BCUT2D eigenvalue weighted by Crippen LogP contribution is -2.49. The first-order valence-electron chi connectivity index (χ1n) is 10.8. The number of piperidine rings is 2. The van der Waals surface area contributed by atoms with E-state index in [9.17, 15) is 9.59 Å². The van der Waals surface area contributed by atoms with Crippen molar-refractivity contribution in [3.8, 4) is 5.75 Å². The minimum absolute atomic E-state index is 0.0172. The summed E-state index contributed by atoms with van der Waals surface area (Å²) >= 11 is 1.38.